The van der Waals surface area contributed by atoms with E-state index in [1.165, 1.54) is 0 Å². The van der Waals surface area contributed by atoms with Crippen LogP contribution in [0.4, 0.5) is 0 Å². The van der Waals surface area contributed by atoms with Crippen LogP contribution in [-0.2, 0) is 6.54 Å². The predicted molar refractivity (Wildman–Crippen MR) is 74.6 cm³/mol. The Kier molecular flexibility index (Phi) is 3.59. The Labute approximate surface area is 121 Å². The van der Waals surface area contributed by atoms with Crippen molar-refractivity contribution in [1.29, 1.82) is 0 Å². The first kappa shape index (κ1) is 13.2. The fourth-order valence-electron chi connectivity index (χ4n) is 2.02. The second-order valence-electron chi connectivity index (χ2n) is 4.68. The molecule has 0 aromatic carbocycles. The third-order valence-corrected chi connectivity index (χ3v) is 3.08. The lowest BCUT2D eigenvalue weighted by molar-refractivity contribution is 0.0905. The largest absolute Gasteiger partial charge is 0.467 e. The number of hydrogen-bond acceptors (Lipinski definition) is 4. The summed E-state index contributed by atoms with van der Waals surface area (Å²) in [7, 11) is 0. The Hall–Kier alpha value is -2.76. The maximum atomic E-state index is 12.1. The molecule has 0 unspecified atom stereocenters. The molecule has 0 bridgehead atoms. The van der Waals surface area contributed by atoms with Crippen molar-refractivity contribution in [2.24, 2.45) is 0 Å². The maximum absolute atomic E-state index is 12.1. The Balaban J connectivity index is 1.64. The lowest BCUT2D eigenvalue weighted by Crippen LogP contribution is -2.25. The lowest BCUT2D eigenvalue weighted by Gasteiger charge is -2.09. The molecule has 0 aliphatic carbocycles. The number of furan rings is 2. The van der Waals surface area contributed by atoms with Crippen LogP contribution in [-0.4, -0.2) is 15.7 Å². The van der Waals surface area contributed by atoms with Gasteiger partial charge >= 0.3 is 0 Å². The van der Waals surface area contributed by atoms with Gasteiger partial charge in [0.2, 0.25) is 0 Å². The summed E-state index contributed by atoms with van der Waals surface area (Å²) >= 11 is 0. The van der Waals surface area contributed by atoms with Crippen LogP contribution in [0.2, 0.25) is 0 Å². The monoisotopic (exact) mass is 285 g/mol. The summed E-state index contributed by atoms with van der Waals surface area (Å²) in [6.45, 7) is 2.35. The zero-order chi connectivity index (χ0) is 14.7. The fraction of sp³-hybridized carbons (Fsp3) is 0.200. The molecular weight excluding hydrogens is 270 g/mol. The van der Waals surface area contributed by atoms with Crippen LogP contribution < -0.4 is 5.32 Å². The van der Waals surface area contributed by atoms with Gasteiger partial charge in [0.05, 0.1) is 18.8 Å². The summed E-state index contributed by atoms with van der Waals surface area (Å²) in [5, 5.41) is 6.91. The molecule has 1 amide bonds. The average molecular weight is 285 g/mol. The van der Waals surface area contributed by atoms with Gasteiger partial charge in [-0.25, -0.2) is 0 Å². The molecule has 21 heavy (non-hydrogen) atoms. The first-order valence-electron chi connectivity index (χ1n) is 6.63. The van der Waals surface area contributed by atoms with Crippen LogP contribution >= 0.6 is 0 Å². The highest BCUT2D eigenvalue weighted by Crippen LogP contribution is 2.15. The molecule has 3 rings (SSSR count). The van der Waals surface area contributed by atoms with E-state index in [1.807, 2.05) is 25.3 Å². The number of rotatable bonds is 5. The SMILES string of the molecule is C[C@H](NC(=O)c1ccc(Cn2cccn2)o1)c1ccco1. The molecule has 0 saturated heterocycles. The van der Waals surface area contributed by atoms with E-state index < -0.39 is 0 Å². The van der Waals surface area contributed by atoms with Crippen LogP contribution in [0.25, 0.3) is 0 Å². The zero-order valence-corrected chi connectivity index (χ0v) is 11.5. The molecule has 1 N–H and O–H groups in total. The van der Waals surface area contributed by atoms with E-state index in [2.05, 4.69) is 10.4 Å². The summed E-state index contributed by atoms with van der Waals surface area (Å²) in [5.41, 5.74) is 0. The van der Waals surface area contributed by atoms with Crippen LogP contribution in [0.3, 0.4) is 0 Å². The molecule has 0 aliphatic rings. The molecule has 0 aliphatic heterocycles. The Morgan fingerprint density at radius 3 is 3.00 bits per heavy atom. The molecule has 3 heterocycles. The number of nitrogens with one attached hydrogen (secondary N) is 1. The molecular formula is C15H15N3O3. The topological polar surface area (TPSA) is 73.2 Å². The Bertz CT molecular complexity index is 698. The van der Waals surface area contributed by atoms with Gasteiger partial charge in [0.25, 0.3) is 5.91 Å². The van der Waals surface area contributed by atoms with Gasteiger partial charge in [0.1, 0.15) is 11.5 Å². The number of amides is 1. The molecule has 0 radical (unpaired) electrons. The van der Waals surface area contributed by atoms with Crippen molar-refractivity contribution >= 4 is 5.91 Å². The molecule has 3 aromatic rings. The highest BCUT2D eigenvalue weighted by atomic mass is 16.4. The molecule has 6 heteroatoms. The maximum Gasteiger partial charge on any atom is 0.287 e. The summed E-state index contributed by atoms with van der Waals surface area (Å²) in [6.07, 6.45) is 5.11. The number of nitrogens with zero attached hydrogens (tertiary/aromatic N) is 2. The van der Waals surface area contributed by atoms with Crippen molar-refractivity contribution < 1.29 is 13.6 Å². The van der Waals surface area contributed by atoms with Crippen molar-refractivity contribution in [1.82, 2.24) is 15.1 Å². The number of carbonyl (C=O) groups is 1. The van der Waals surface area contributed by atoms with E-state index in [-0.39, 0.29) is 17.7 Å². The van der Waals surface area contributed by atoms with Crippen molar-refractivity contribution in [3.63, 3.8) is 0 Å². The van der Waals surface area contributed by atoms with Crippen LogP contribution in [0.15, 0.2) is 57.8 Å². The van der Waals surface area contributed by atoms with E-state index >= 15 is 0 Å². The first-order chi connectivity index (χ1) is 10.2. The molecule has 0 spiro atoms. The van der Waals surface area contributed by atoms with E-state index in [0.29, 0.717) is 18.1 Å². The zero-order valence-electron chi connectivity index (χ0n) is 11.5. The summed E-state index contributed by atoms with van der Waals surface area (Å²) in [6, 6.07) is 8.65. The fourth-order valence-corrected chi connectivity index (χ4v) is 2.02. The smallest absolute Gasteiger partial charge is 0.287 e. The molecule has 0 saturated carbocycles. The van der Waals surface area contributed by atoms with Gasteiger partial charge in [0.15, 0.2) is 5.76 Å². The molecule has 6 nitrogen and oxygen atoms in total. The predicted octanol–water partition coefficient (Wildman–Crippen LogP) is 2.61. The summed E-state index contributed by atoms with van der Waals surface area (Å²) in [4.78, 5) is 12.1. The number of carbonyl (C=O) groups excluding carboxylic acids is 1. The standard InChI is InChI=1S/C15H15N3O3/c1-11(13-4-2-9-20-13)17-15(19)14-6-5-12(21-14)10-18-8-3-7-16-18/h2-9,11H,10H2,1H3,(H,17,19)/t11-/m0/s1. The third kappa shape index (κ3) is 3.05. The van der Waals surface area contributed by atoms with Gasteiger partial charge in [-0.1, -0.05) is 0 Å². The number of hydrogen-bond donors (Lipinski definition) is 1. The van der Waals surface area contributed by atoms with Gasteiger partial charge in [-0.3, -0.25) is 9.48 Å². The molecule has 108 valence electrons. The van der Waals surface area contributed by atoms with Gasteiger partial charge in [-0.15, -0.1) is 0 Å². The van der Waals surface area contributed by atoms with Gasteiger partial charge in [-0.2, -0.15) is 5.10 Å². The normalized spacial score (nSPS) is 12.2. The van der Waals surface area contributed by atoms with E-state index in [1.54, 1.807) is 35.3 Å². The van der Waals surface area contributed by atoms with Crippen molar-refractivity contribution in [2.75, 3.05) is 0 Å². The van der Waals surface area contributed by atoms with Gasteiger partial charge in [-0.05, 0) is 37.3 Å². The minimum atomic E-state index is -0.273. The minimum Gasteiger partial charge on any atom is -0.467 e. The van der Waals surface area contributed by atoms with Gasteiger partial charge < -0.3 is 14.2 Å². The van der Waals surface area contributed by atoms with Crippen LogP contribution in [0.1, 0.15) is 35.0 Å². The first-order valence-corrected chi connectivity index (χ1v) is 6.63. The number of aromatic nitrogens is 2. The second kappa shape index (κ2) is 5.70. The highest BCUT2D eigenvalue weighted by molar-refractivity contribution is 5.91. The van der Waals surface area contributed by atoms with Crippen molar-refractivity contribution in [2.45, 2.75) is 19.5 Å². The minimum absolute atomic E-state index is 0.216. The Morgan fingerprint density at radius 1 is 1.38 bits per heavy atom. The summed E-state index contributed by atoms with van der Waals surface area (Å²) in [5.74, 6) is 1.38. The third-order valence-electron chi connectivity index (χ3n) is 3.08. The lowest BCUT2D eigenvalue weighted by atomic mass is 10.2. The summed E-state index contributed by atoms with van der Waals surface area (Å²) < 4.78 is 12.5. The van der Waals surface area contributed by atoms with Gasteiger partial charge in [0, 0.05) is 12.4 Å². The van der Waals surface area contributed by atoms with E-state index in [4.69, 9.17) is 8.83 Å². The highest BCUT2D eigenvalue weighted by Gasteiger charge is 2.16. The second-order valence-corrected chi connectivity index (χ2v) is 4.68. The Morgan fingerprint density at radius 2 is 2.29 bits per heavy atom. The molecule has 0 fully saturated rings. The molecule has 3 aromatic heterocycles. The average Bonchev–Trinajstić information content (AvgIpc) is 3.22. The van der Waals surface area contributed by atoms with E-state index in [9.17, 15) is 4.79 Å². The van der Waals surface area contributed by atoms with Crippen molar-refractivity contribution in [3.8, 4) is 0 Å². The van der Waals surface area contributed by atoms with Crippen LogP contribution in [0, 0.1) is 0 Å². The van der Waals surface area contributed by atoms with E-state index in [0.717, 1.165) is 0 Å². The van der Waals surface area contributed by atoms with Crippen molar-refractivity contribution in [3.05, 3.63) is 66.3 Å². The van der Waals surface area contributed by atoms with Crippen LogP contribution in [0.5, 0.6) is 0 Å². The quantitative estimate of drug-likeness (QED) is 0.782. The molecule has 1 atom stereocenters.